The second kappa shape index (κ2) is 7.07. The monoisotopic (exact) mass is 301 g/mol. The van der Waals surface area contributed by atoms with Gasteiger partial charge in [-0.15, -0.1) is 12.6 Å². The average Bonchev–Trinajstić information content (AvgIpc) is 2.33. The summed E-state index contributed by atoms with van der Waals surface area (Å²) in [5, 5.41) is 2.52. The quantitative estimate of drug-likeness (QED) is 0.573. The predicted molar refractivity (Wildman–Crippen MR) is 80.2 cm³/mol. The Labute approximate surface area is 124 Å². The van der Waals surface area contributed by atoms with Crippen LogP contribution in [0.1, 0.15) is 46.5 Å². The second-order valence-corrected chi connectivity index (χ2v) is 6.06. The maximum absolute atomic E-state index is 13.7. The highest BCUT2D eigenvalue weighted by molar-refractivity contribution is 7.80. The van der Waals surface area contributed by atoms with Crippen LogP contribution in [0.25, 0.3) is 0 Å². The number of hydrogen-bond donors (Lipinski definition) is 2. The Hall–Kier alpha value is -1.10. The third-order valence-corrected chi connectivity index (χ3v) is 3.65. The first-order chi connectivity index (χ1) is 9.27. The minimum atomic E-state index is -0.812. The zero-order valence-electron chi connectivity index (χ0n) is 12.1. The molecule has 112 valence electrons. The number of anilines is 1. The minimum Gasteiger partial charge on any atom is -0.322 e. The standard InChI is InChI=1S/C15H21F2NOS/c1-4-5-6-7-15(2,3)14(19)18-13-11(17)8-10(16)9-12(13)20/h8-9,20H,4-7H2,1-3H3,(H,18,19). The lowest BCUT2D eigenvalue weighted by Gasteiger charge is -2.24. The zero-order chi connectivity index (χ0) is 15.3. The van der Waals surface area contributed by atoms with E-state index in [1.54, 1.807) is 0 Å². The summed E-state index contributed by atoms with van der Waals surface area (Å²) in [5.41, 5.74) is -0.667. The van der Waals surface area contributed by atoms with Crippen molar-refractivity contribution < 1.29 is 13.6 Å². The SMILES string of the molecule is CCCCCC(C)(C)C(=O)Nc1c(F)cc(F)cc1S. The van der Waals surface area contributed by atoms with E-state index in [4.69, 9.17) is 0 Å². The number of nitrogens with one attached hydrogen (secondary N) is 1. The summed E-state index contributed by atoms with van der Waals surface area (Å²) in [6.07, 6.45) is 3.79. The first-order valence-electron chi connectivity index (χ1n) is 6.77. The lowest BCUT2D eigenvalue weighted by Crippen LogP contribution is -2.31. The molecule has 1 amide bonds. The number of carbonyl (C=O) groups is 1. The lowest BCUT2D eigenvalue weighted by molar-refractivity contribution is -0.124. The van der Waals surface area contributed by atoms with E-state index >= 15 is 0 Å². The van der Waals surface area contributed by atoms with E-state index in [-0.39, 0.29) is 16.5 Å². The van der Waals surface area contributed by atoms with Crippen LogP contribution in [0, 0.1) is 17.0 Å². The van der Waals surface area contributed by atoms with Crippen LogP contribution in [0.15, 0.2) is 17.0 Å². The van der Waals surface area contributed by atoms with E-state index in [1.807, 2.05) is 13.8 Å². The smallest absolute Gasteiger partial charge is 0.230 e. The van der Waals surface area contributed by atoms with Crippen LogP contribution in [0.4, 0.5) is 14.5 Å². The van der Waals surface area contributed by atoms with Crippen molar-refractivity contribution in [3.05, 3.63) is 23.8 Å². The molecule has 0 unspecified atom stereocenters. The molecule has 0 aromatic heterocycles. The van der Waals surface area contributed by atoms with Crippen LogP contribution in [-0.4, -0.2) is 5.91 Å². The molecular formula is C15H21F2NOS. The third kappa shape index (κ3) is 4.47. The highest BCUT2D eigenvalue weighted by atomic mass is 32.1. The normalized spacial score (nSPS) is 11.5. The fraction of sp³-hybridized carbons (Fsp3) is 0.533. The van der Waals surface area contributed by atoms with Crippen molar-refractivity contribution in [2.24, 2.45) is 5.41 Å². The molecular weight excluding hydrogens is 280 g/mol. The summed E-state index contributed by atoms with van der Waals surface area (Å²) in [4.78, 5) is 12.3. The molecule has 0 saturated carbocycles. The van der Waals surface area contributed by atoms with Crippen LogP contribution in [0.3, 0.4) is 0 Å². The molecule has 0 heterocycles. The van der Waals surface area contributed by atoms with Gasteiger partial charge in [0.15, 0.2) is 5.82 Å². The first kappa shape index (κ1) is 17.0. The number of hydrogen-bond acceptors (Lipinski definition) is 2. The fourth-order valence-electron chi connectivity index (χ4n) is 1.90. The maximum Gasteiger partial charge on any atom is 0.230 e. The van der Waals surface area contributed by atoms with Crippen molar-refractivity contribution >= 4 is 24.2 Å². The van der Waals surface area contributed by atoms with Crippen molar-refractivity contribution in [1.29, 1.82) is 0 Å². The molecule has 0 aliphatic rings. The van der Waals surface area contributed by atoms with E-state index in [2.05, 4.69) is 24.9 Å². The molecule has 5 heteroatoms. The molecule has 0 spiro atoms. The minimum absolute atomic E-state index is 0.0664. The number of rotatable bonds is 6. The van der Waals surface area contributed by atoms with Crippen molar-refractivity contribution in [3.63, 3.8) is 0 Å². The number of amides is 1. The number of unbranched alkanes of at least 4 members (excludes halogenated alkanes) is 2. The van der Waals surface area contributed by atoms with Crippen LogP contribution < -0.4 is 5.32 Å². The highest BCUT2D eigenvalue weighted by Gasteiger charge is 2.28. The van der Waals surface area contributed by atoms with Crippen LogP contribution in [0.2, 0.25) is 0 Å². The van der Waals surface area contributed by atoms with Crippen LogP contribution in [-0.2, 0) is 4.79 Å². The molecule has 1 N–H and O–H groups in total. The molecule has 0 bridgehead atoms. The Morgan fingerprint density at radius 1 is 1.30 bits per heavy atom. The number of halogens is 2. The Bertz CT molecular complexity index is 466. The van der Waals surface area contributed by atoms with Crippen LogP contribution >= 0.6 is 12.6 Å². The Morgan fingerprint density at radius 2 is 1.95 bits per heavy atom. The maximum atomic E-state index is 13.7. The van der Waals surface area contributed by atoms with Gasteiger partial charge in [0.05, 0.1) is 5.69 Å². The molecule has 1 aromatic rings. The summed E-state index contributed by atoms with van der Waals surface area (Å²) in [6, 6.07) is 1.81. The second-order valence-electron chi connectivity index (χ2n) is 5.58. The highest BCUT2D eigenvalue weighted by Crippen LogP contribution is 2.29. The van der Waals surface area contributed by atoms with Gasteiger partial charge in [-0.1, -0.05) is 40.0 Å². The molecule has 0 aliphatic carbocycles. The molecule has 0 radical (unpaired) electrons. The molecule has 0 fully saturated rings. The molecule has 1 rings (SSSR count). The molecule has 1 aromatic carbocycles. The number of carbonyl (C=O) groups excluding carboxylic acids is 1. The van der Waals surface area contributed by atoms with Gasteiger partial charge in [0, 0.05) is 16.4 Å². The molecule has 0 saturated heterocycles. The van der Waals surface area contributed by atoms with Gasteiger partial charge in [-0.05, 0) is 12.5 Å². The van der Waals surface area contributed by atoms with E-state index in [0.717, 1.165) is 37.8 Å². The predicted octanol–water partition coefficient (Wildman–Crippen LogP) is 4.80. The summed E-state index contributed by atoms with van der Waals surface area (Å²) in [6.45, 7) is 5.73. The average molecular weight is 301 g/mol. The lowest BCUT2D eigenvalue weighted by atomic mass is 9.86. The summed E-state index contributed by atoms with van der Waals surface area (Å²) in [7, 11) is 0. The summed E-state index contributed by atoms with van der Waals surface area (Å²) < 4.78 is 26.6. The van der Waals surface area contributed by atoms with E-state index in [0.29, 0.717) is 0 Å². The first-order valence-corrected chi connectivity index (χ1v) is 7.22. The Morgan fingerprint density at radius 3 is 2.50 bits per heavy atom. The summed E-state index contributed by atoms with van der Waals surface area (Å²) >= 11 is 4.00. The van der Waals surface area contributed by atoms with Gasteiger partial charge in [0.1, 0.15) is 5.82 Å². The van der Waals surface area contributed by atoms with Gasteiger partial charge in [0.25, 0.3) is 0 Å². The zero-order valence-corrected chi connectivity index (χ0v) is 13.0. The summed E-state index contributed by atoms with van der Waals surface area (Å²) in [5.74, 6) is -1.81. The van der Waals surface area contributed by atoms with E-state index < -0.39 is 17.0 Å². The van der Waals surface area contributed by atoms with E-state index in [1.165, 1.54) is 0 Å². The van der Waals surface area contributed by atoms with Crippen LogP contribution in [0.5, 0.6) is 0 Å². The topological polar surface area (TPSA) is 29.1 Å². The van der Waals surface area contributed by atoms with Gasteiger partial charge in [0.2, 0.25) is 5.91 Å². The van der Waals surface area contributed by atoms with Crippen molar-refractivity contribution in [1.82, 2.24) is 0 Å². The van der Waals surface area contributed by atoms with Gasteiger partial charge >= 0.3 is 0 Å². The van der Waals surface area contributed by atoms with Gasteiger partial charge < -0.3 is 5.32 Å². The van der Waals surface area contributed by atoms with Gasteiger partial charge in [-0.2, -0.15) is 0 Å². The largest absolute Gasteiger partial charge is 0.322 e. The molecule has 20 heavy (non-hydrogen) atoms. The number of benzene rings is 1. The molecule has 0 aliphatic heterocycles. The third-order valence-electron chi connectivity index (χ3n) is 3.29. The van der Waals surface area contributed by atoms with E-state index in [9.17, 15) is 13.6 Å². The fourth-order valence-corrected chi connectivity index (χ4v) is 2.18. The van der Waals surface area contributed by atoms with Gasteiger partial charge in [-0.25, -0.2) is 8.78 Å². The molecule has 2 nitrogen and oxygen atoms in total. The molecule has 0 atom stereocenters. The van der Waals surface area contributed by atoms with Crippen molar-refractivity contribution in [3.8, 4) is 0 Å². The van der Waals surface area contributed by atoms with Crippen molar-refractivity contribution in [2.45, 2.75) is 51.3 Å². The van der Waals surface area contributed by atoms with Crippen molar-refractivity contribution in [2.75, 3.05) is 5.32 Å². The number of thiol groups is 1. The van der Waals surface area contributed by atoms with Gasteiger partial charge in [-0.3, -0.25) is 4.79 Å². The Kier molecular flexibility index (Phi) is 5.99. The Balaban J connectivity index is 2.80.